The van der Waals surface area contributed by atoms with Crippen LogP contribution >= 0.6 is 7.14 Å². The zero-order chi connectivity index (χ0) is 33.1. The van der Waals surface area contributed by atoms with E-state index in [1.165, 1.54) is 30.4 Å². The fourth-order valence-corrected chi connectivity index (χ4v) is 7.66. The number of anilines is 5. The highest BCUT2D eigenvalue weighted by Crippen LogP contribution is 2.40. The normalized spacial score (nSPS) is 16.8. The highest BCUT2D eigenvalue weighted by molar-refractivity contribution is 7.70. The topological polar surface area (TPSA) is 112 Å². The van der Waals surface area contributed by atoms with Crippen molar-refractivity contribution in [2.45, 2.75) is 32.2 Å². The Balaban J connectivity index is 1.21. The number of piperidine rings is 1. The molecule has 2 N–H and O–H groups in total. The van der Waals surface area contributed by atoms with Gasteiger partial charge in [0, 0.05) is 67.9 Å². The Morgan fingerprint density at radius 3 is 2.45 bits per heavy atom. The van der Waals surface area contributed by atoms with Gasteiger partial charge in [-0.2, -0.15) is 4.98 Å². The van der Waals surface area contributed by atoms with Gasteiger partial charge < -0.3 is 42.0 Å². The summed E-state index contributed by atoms with van der Waals surface area (Å²) in [6.07, 6.45) is 7.86. The van der Waals surface area contributed by atoms with Gasteiger partial charge >= 0.3 is 0 Å². The summed E-state index contributed by atoms with van der Waals surface area (Å²) in [6, 6.07) is 10.5. The smallest absolute Gasteiger partial charge is 0.228 e. The fourth-order valence-electron chi connectivity index (χ4n) is 6.50. The van der Waals surface area contributed by atoms with Crippen molar-refractivity contribution in [3.63, 3.8) is 0 Å². The number of hydrogen-bond acceptors (Lipinski definition) is 11. The van der Waals surface area contributed by atoms with E-state index < -0.39 is 7.14 Å². The first-order valence-corrected chi connectivity index (χ1v) is 18.9. The van der Waals surface area contributed by atoms with Gasteiger partial charge in [-0.25, -0.2) is 9.97 Å². The average molecular weight is 655 g/mol. The summed E-state index contributed by atoms with van der Waals surface area (Å²) in [4.78, 5) is 21.0. The highest BCUT2D eigenvalue weighted by atomic mass is 31.2. The second-order valence-electron chi connectivity index (χ2n) is 12.8. The van der Waals surface area contributed by atoms with Gasteiger partial charge in [-0.15, -0.1) is 0 Å². The Labute approximate surface area is 278 Å². The number of likely N-dealkylation sites (N-methyl/N-ethyl adjacent to an activating group) is 1. The Morgan fingerprint density at radius 1 is 1.02 bits per heavy atom. The Morgan fingerprint density at radius 2 is 1.79 bits per heavy atom. The first-order chi connectivity index (χ1) is 22.6. The van der Waals surface area contributed by atoms with Crippen LogP contribution in [-0.4, -0.2) is 105 Å². The minimum atomic E-state index is -2.71. The van der Waals surface area contributed by atoms with Gasteiger partial charge in [0.2, 0.25) is 11.8 Å². The maximum absolute atomic E-state index is 13.3. The summed E-state index contributed by atoms with van der Waals surface area (Å²) < 4.78 is 24.7. The van der Waals surface area contributed by atoms with Gasteiger partial charge in [0.25, 0.3) is 0 Å². The van der Waals surface area contributed by atoms with Gasteiger partial charge in [-0.3, -0.25) is 10.4 Å². The van der Waals surface area contributed by atoms with E-state index in [1.807, 2.05) is 18.2 Å². The number of aromatic nitrogens is 3. The van der Waals surface area contributed by atoms with E-state index in [9.17, 15) is 4.57 Å². The summed E-state index contributed by atoms with van der Waals surface area (Å²) in [5, 5.41) is 7.29. The van der Waals surface area contributed by atoms with Crippen LogP contribution in [0, 0.1) is 0 Å². The van der Waals surface area contributed by atoms with Crippen LogP contribution in [0.25, 0.3) is 11.5 Å². The molecule has 0 atom stereocenters. The predicted molar refractivity (Wildman–Crippen MR) is 192 cm³/mol. The summed E-state index contributed by atoms with van der Waals surface area (Å²) in [5.74, 6) is 1.93. The molecule has 2 aliphatic heterocycles. The SMILES string of the molecule is [B-]c1cnc(Nc2cc(CC)c(N3CCC(N4CCN(C)CC4)CC3)cc2OC)nc1Nc1ccc(-c2ncco2)cc1P(C)(C)=O. The first kappa shape index (κ1) is 33.1. The number of oxazole rings is 1. The number of methoxy groups -OCH3 is 1. The maximum atomic E-state index is 13.3. The molecule has 0 unspecified atom stereocenters. The molecule has 13 heteroatoms. The lowest BCUT2D eigenvalue weighted by molar-refractivity contribution is 0.0982. The van der Waals surface area contributed by atoms with Crippen LogP contribution in [0.5, 0.6) is 5.75 Å². The van der Waals surface area contributed by atoms with Gasteiger partial charge in [-0.05, 0) is 75.7 Å². The Kier molecular flexibility index (Phi) is 9.92. The Bertz CT molecular complexity index is 1730. The van der Waals surface area contributed by atoms with Crippen molar-refractivity contribution in [2.75, 3.05) is 82.3 Å². The molecule has 0 saturated carbocycles. The molecule has 2 aromatic carbocycles. The summed E-state index contributed by atoms with van der Waals surface area (Å²) in [7, 11) is 7.51. The van der Waals surface area contributed by atoms with Gasteiger partial charge in [-0.1, -0.05) is 6.92 Å². The van der Waals surface area contributed by atoms with Crippen molar-refractivity contribution in [1.29, 1.82) is 0 Å². The molecule has 47 heavy (non-hydrogen) atoms. The first-order valence-electron chi connectivity index (χ1n) is 16.3. The molecule has 2 aliphatic rings. The predicted octanol–water partition coefficient (Wildman–Crippen LogP) is 4.45. The molecular weight excluding hydrogens is 610 g/mol. The number of hydrogen-bond donors (Lipinski definition) is 2. The van der Waals surface area contributed by atoms with Crippen LogP contribution in [0.2, 0.25) is 0 Å². The molecule has 4 aromatic rings. The number of piperazine rings is 1. The molecule has 6 rings (SSSR count). The second kappa shape index (κ2) is 14.1. The van der Waals surface area contributed by atoms with Crippen molar-refractivity contribution in [2.24, 2.45) is 0 Å². The van der Waals surface area contributed by atoms with E-state index in [0.717, 1.165) is 62.7 Å². The standard InChI is InChI=1S/C34H44BN8O3P/c1-6-23-19-28(30(45-3)21-29(23)43-12-9-25(10-13-43)42-16-14-41(2)15-17-42)39-34-37-22-26(35)32(40-34)38-27-8-7-24(33-36-11-18-46-33)20-31(27)47(4,5)44/h7-8,11,18-22,25H,6,9-10,12-17H2,1-5H3,(H2,37,38,39,40)/q-1. The number of rotatable bonds is 10. The lowest BCUT2D eigenvalue weighted by Crippen LogP contribution is -2.52. The highest BCUT2D eigenvalue weighted by Gasteiger charge is 2.28. The van der Waals surface area contributed by atoms with Crippen LogP contribution in [0.15, 0.2) is 53.4 Å². The molecule has 2 fully saturated rings. The molecule has 3 radical (unpaired) electrons. The summed E-state index contributed by atoms with van der Waals surface area (Å²) in [5.41, 5.74) is 4.96. The third kappa shape index (κ3) is 7.50. The van der Waals surface area contributed by atoms with Crippen LogP contribution in [0.3, 0.4) is 0 Å². The minimum Gasteiger partial charge on any atom is -0.573 e. The molecule has 247 valence electrons. The number of nitrogens with zero attached hydrogens (tertiary/aromatic N) is 6. The van der Waals surface area contributed by atoms with Crippen molar-refractivity contribution >= 4 is 54.6 Å². The minimum absolute atomic E-state index is 0.358. The third-order valence-corrected chi connectivity index (χ3v) is 10.7. The maximum Gasteiger partial charge on any atom is 0.228 e. The van der Waals surface area contributed by atoms with E-state index in [1.54, 1.807) is 32.8 Å². The molecular formula is C34H44BN8O3P-. The number of benzene rings is 2. The van der Waals surface area contributed by atoms with E-state index in [0.29, 0.717) is 40.2 Å². The van der Waals surface area contributed by atoms with E-state index in [4.69, 9.17) is 22.0 Å². The lowest BCUT2D eigenvalue weighted by atomic mass is 9.99. The molecule has 2 aromatic heterocycles. The van der Waals surface area contributed by atoms with E-state index >= 15 is 0 Å². The number of nitrogens with one attached hydrogen (secondary N) is 2. The quantitative estimate of drug-likeness (QED) is 0.187. The largest absolute Gasteiger partial charge is 0.573 e. The zero-order valence-corrected chi connectivity index (χ0v) is 28.9. The molecule has 11 nitrogen and oxygen atoms in total. The fraction of sp³-hybridized carbons (Fsp3) is 0.441. The number of aryl methyl sites for hydroxylation is 1. The van der Waals surface area contributed by atoms with Crippen LogP contribution in [0.1, 0.15) is 25.3 Å². The van der Waals surface area contributed by atoms with Crippen LogP contribution in [0.4, 0.5) is 28.8 Å². The van der Waals surface area contributed by atoms with Crippen molar-refractivity contribution in [3.8, 4) is 17.2 Å². The van der Waals surface area contributed by atoms with Crippen molar-refractivity contribution in [3.05, 3.63) is 54.6 Å². The average Bonchev–Trinajstić information content (AvgIpc) is 3.61. The molecule has 2 saturated heterocycles. The van der Waals surface area contributed by atoms with E-state index in [2.05, 4.69) is 61.4 Å². The van der Waals surface area contributed by atoms with Crippen LogP contribution in [-0.2, 0) is 11.0 Å². The third-order valence-electron chi connectivity index (χ3n) is 9.21. The van der Waals surface area contributed by atoms with E-state index in [-0.39, 0.29) is 0 Å². The molecule has 0 amide bonds. The monoisotopic (exact) mass is 654 g/mol. The van der Waals surface area contributed by atoms with Crippen LogP contribution < -0.4 is 31.0 Å². The molecule has 0 spiro atoms. The Hall–Kier alpha value is -3.86. The molecule has 4 heterocycles. The van der Waals surface area contributed by atoms with Gasteiger partial charge in [0.05, 0.1) is 30.5 Å². The second-order valence-corrected chi connectivity index (χ2v) is 15.9. The van der Waals surface area contributed by atoms with Gasteiger partial charge in [0.15, 0.2) is 0 Å². The van der Waals surface area contributed by atoms with Gasteiger partial charge in [0.1, 0.15) is 19.2 Å². The zero-order valence-electron chi connectivity index (χ0n) is 28.0. The lowest BCUT2D eigenvalue weighted by Gasteiger charge is -2.43. The molecule has 0 aliphatic carbocycles. The van der Waals surface area contributed by atoms with Crippen molar-refractivity contribution < 1.29 is 13.7 Å². The summed E-state index contributed by atoms with van der Waals surface area (Å²) >= 11 is 0. The van der Waals surface area contributed by atoms with Crippen molar-refractivity contribution in [1.82, 2.24) is 24.8 Å². The summed E-state index contributed by atoms with van der Waals surface area (Å²) in [6.45, 7) is 12.3. The number of ether oxygens (including phenoxy) is 1. The molecule has 0 bridgehead atoms.